The van der Waals surface area contributed by atoms with Crippen LogP contribution in [-0.4, -0.2) is 11.6 Å². The van der Waals surface area contributed by atoms with Gasteiger partial charge in [0, 0.05) is 16.7 Å². The van der Waals surface area contributed by atoms with E-state index in [1.165, 1.54) is 0 Å². The molecule has 30 heavy (non-hydrogen) atoms. The molecule has 2 nitrogen and oxygen atoms in total. The Bertz CT molecular complexity index is 974. The number of ketones is 2. The molecule has 0 saturated heterocycles. The molecule has 1 aliphatic rings. The first-order chi connectivity index (χ1) is 14.3. The molecule has 0 bridgehead atoms. The monoisotopic (exact) mass is 400 g/mol. The molecule has 2 unspecified atom stereocenters. The molecule has 2 aromatic rings. The highest BCUT2D eigenvalue weighted by atomic mass is 16.1. The maximum absolute atomic E-state index is 13.8. The number of allylic oxidation sites excluding steroid dienone is 4. The quantitative estimate of drug-likeness (QED) is 0.485. The summed E-state index contributed by atoms with van der Waals surface area (Å²) in [4.78, 5) is 27.2. The molecule has 3 rings (SSSR count). The fourth-order valence-corrected chi connectivity index (χ4v) is 4.94. The van der Waals surface area contributed by atoms with Gasteiger partial charge in [-0.3, -0.25) is 9.59 Å². The van der Waals surface area contributed by atoms with Crippen LogP contribution >= 0.6 is 0 Å². The first-order valence-electron chi connectivity index (χ1n) is 10.9. The largest absolute Gasteiger partial charge is 0.293 e. The Morgan fingerprint density at radius 3 is 1.87 bits per heavy atom. The van der Waals surface area contributed by atoms with Crippen molar-refractivity contribution in [1.29, 1.82) is 0 Å². The summed E-state index contributed by atoms with van der Waals surface area (Å²) in [5.74, 6) is 0.150. The van der Waals surface area contributed by atoms with Crippen LogP contribution in [0.3, 0.4) is 0 Å². The fraction of sp³-hybridized carbons (Fsp3) is 0.357. The SMILES string of the molecule is CCC1C(C(C)(C)C)=C(C(=O)c2ccccc2)C=CC1(CC)C(=O)c1ccccc1. The van der Waals surface area contributed by atoms with Crippen LogP contribution < -0.4 is 0 Å². The molecule has 156 valence electrons. The summed E-state index contributed by atoms with van der Waals surface area (Å²) in [5.41, 5.74) is 2.38. The minimum atomic E-state index is -0.640. The zero-order chi connectivity index (χ0) is 21.9. The second-order valence-electron chi connectivity index (χ2n) is 9.16. The zero-order valence-corrected chi connectivity index (χ0v) is 18.7. The van der Waals surface area contributed by atoms with Gasteiger partial charge in [0.2, 0.25) is 0 Å². The van der Waals surface area contributed by atoms with Gasteiger partial charge in [-0.1, -0.05) is 107 Å². The van der Waals surface area contributed by atoms with E-state index in [0.717, 1.165) is 23.1 Å². The van der Waals surface area contributed by atoms with Crippen LogP contribution in [0.5, 0.6) is 0 Å². The molecule has 0 fully saturated rings. The van der Waals surface area contributed by atoms with Crippen LogP contribution in [0.25, 0.3) is 0 Å². The molecular formula is C28H32O2. The lowest BCUT2D eigenvalue weighted by Gasteiger charge is -2.45. The van der Waals surface area contributed by atoms with Crippen LogP contribution in [0, 0.1) is 16.7 Å². The Morgan fingerprint density at radius 1 is 0.867 bits per heavy atom. The predicted molar refractivity (Wildman–Crippen MR) is 124 cm³/mol. The lowest BCUT2D eigenvalue weighted by Crippen LogP contribution is -2.42. The van der Waals surface area contributed by atoms with E-state index in [4.69, 9.17) is 0 Å². The van der Waals surface area contributed by atoms with Gasteiger partial charge >= 0.3 is 0 Å². The summed E-state index contributed by atoms with van der Waals surface area (Å²) in [6.07, 6.45) is 5.44. The molecule has 0 aromatic heterocycles. The third kappa shape index (κ3) is 3.84. The Morgan fingerprint density at radius 2 is 1.40 bits per heavy atom. The predicted octanol–water partition coefficient (Wildman–Crippen LogP) is 7.09. The molecule has 0 radical (unpaired) electrons. The second kappa shape index (κ2) is 8.55. The zero-order valence-electron chi connectivity index (χ0n) is 18.7. The van der Waals surface area contributed by atoms with Gasteiger partial charge in [0.25, 0.3) is 0 Å². The van der Waals surface area contributed by atoms with Gasteiger partial charge in [-0.2, -0.15) is 0 Å². The van der Waals surface area contributed by atoms with E-state index in [9.17, 15) is 9.59 Å². The van der Waals surface area contributed by atoms with Gasteiger partial charge in [0.15, 0.2) is 11.6 Å². The standard InChI is InChI=1S/C28H32O2/c1-6-23-24(27(3,4)5)22(25(29)20-14-10-8-11-15-20)18-19-28(23,7-2)26(30)21-16-12-9-13-17-21/h8-19,23H,6-7H2,1-5H3. The minimum absolute atomic E-state index is 0.0251. The van der Waals surface area contributed by atoms with E-state index in [2.05, 4.69) is 34.6 Å². The number of hydrogen-bond donors (Lipinski definition) is 0. The summed E-state index contributed by atoms with van der Waals surface area (Å²) < 4.78 is 0. The molecule has 2 atom stereocenters. The van der Waals surface area contributed by atoms with Gasteiger partial charge < -0.3 is 0 Å². The lowest BCUT2D eigenvalue weighted by atomic mass is 9.57. The molecule has 0 heterocycles. The minimum Gasteiger partial charge on any atom is -0.293 e. The summed E-state index contributed by atoms with van der Waals surface area (Å²) >= 11 is 0. The molecule has 0 spiro atoms. The van der Waals surface area contributed by atoms with E-state index in [-0.39, 0.29) is 22.9 Å². The summed E-state index contributed by atoms with van der Waals surface area (Å²) in [7, 11) is 0. The summed E-state index contributed by atoms with van der Waals surface area (Å²) in [6.45, 7) is 10.7. The maximum atomic E-state index is 13.8. The number of Topliss-reactive ketones (excluding diaryl/α,β-unsaturated/α-hetero) is 2. The van der Waals surface area contributed by atoms with Gasteiger partial charge in [-0.05, 0) is 29.7 Å². The van der Waals surface area contributed by atoms with E-state index >= 15 is 0 Å². The fourth-order valence-electron chi connectivity index (χ4n) is 4.94. The van der Waals surface area contributed by atoms with Crippen molar-refractivity contribution < 1.29 is 9.59 Å². The molecule has 2 aromatic carbocycles. The lowest BCUT2D eigenvalue weighted by molar-refractivity contribution is 0.0754. The van der Waals surface area contributed by atoms with E-state index in [0.29, 0.717) is 12.0 Å². The molecule has 0 saturated carbocycles. The highest BCUT2D eigenvalue weighted by Gasteiger charge is 2.48. The summed E-state index contributed by atoms with van der Waals surface area (Å²) in [6, 6.07) is 19.0. The Labute approximate surface area is 180 Å². The molecule has 0 aliphatic heterocycles. The first-order valence-corrected chi connectivity index (χ1v) is 10.9. The third-order valence-electron chi connectivity index (χ3n) is 6.35. The van der Waals surface area contributed by atoms with Crippen molar-refractivity contribution in [3.63, 3.8) is 0 Å². The molecule has 2 heteroatoms. The average Bonchev–Trinajstić information content (AvgIpc) is 2.77. The average molecular weight is 401 g/mol. The third-order valence-corrected chi connectivity index (χ3v) is 6.35. The number of hydrogen-bond acceptors (Lipinski definition) is 2. The Hall–Kier alpha value is -2.74. The van der Waals surface area contributed by atoms with Crippen molar-refractivity contribution in [1.82, 2.24) is 0 Å². The first kappa shape index (κ1) is 22.0. The van der Waals surface area contributed by atoms with Crippen molar-refractivity contribution in [3.8, 4) is 0 Å². The van der Waals surface area contributed by atoms with E-state index < -0.39 is 5.41 Å². The van der Waals surface area contributed by atoms with Crippen LogP contribution in [-0.2, 0) is 0 Å². The summed E-state index contributed by atoms with van der Waals surface area (Å²) in [5, 5.41) is 0. The van der Waals surface area contributed by atoms with Crippen molar-refractivity contribution in [2.45, 2.75) is 47.5 Å². The Kier molecular flexibility index (Phi) is 6.26. The molecular weight excluding hydrogens is 368 g/mol. The van der Waals surface area contributed by atoms with Crippen molar-refractivity contribution in [3.05, 3.63) is 95.1 Å². The van der Waals surface area contributed by atoms with Gasteiger partial charge in [0.05, 0.1) is 5.41 Å². The topological polar surface area (TPSA) is 34.1 Å². The van der Waals surface area contributed by atoms with Crippen LogP contribution in [0.1, 0.15) is 68.2 Å². The second-order valence-corrected chi connectivity index (χ2v) is 9.16. The normalized spacial score (nSPS) is 21.6. The number of carbonyl (C=O) groups excluding carboxylic acids is 2. The number of rotatable bonds is 6. The van der Waals surface area contributed by atoms with Gasteiger partial charge in [-0.25, -0.2) is 0 Å². The van der Waals surface area contributed by atoms with Crippen LogP contribution in [0.4, 0.5) is 0 Å². The van der Waals surface area contributed by atoms with Crippen molar-refractivity contribution in [2.75, 3.05) is 0 Å². The smallest absolute Gasteiger partial charge is 0.192 e. The van der Waals surface area contributed by atoms with Crippen molar-refractivity contribution >= 4 is 11.6 Å². The molecule has 0 N–H and O–H groups in total. The van der Waals surface area contributed by atoms with Crippen LogP contribution in [0.15, 0.2) is 84.0 Å². The van der Waals surface area contributed by atoms with Gasteiger partial charge in [0.1, 0.15) is 0 Å². The van der Waals surface area contributed by atoms with Gasteiger partial charge in [-0.15, -0.1) is 0 Å². The van der Waals surface area contributed by atoms with E-state index in [1.54, 1.807) is 0 Å². The molecule has 1 aliphatic carbocycles. The maximum Gasteiger partial charge on any atom is 0.192 e. The number of benzene rings is 2. The van der Waals surface area contributed by atoms with Crippen LogP contribution in [0.2, 0.25) is 0 Å². The Balaban J connectivity index is 2.19. The molecule has 0 amide bonds. The van der Waals surface area contributed by atoms with Crippen molar-refractivity contribution in [2.24, 2.45) is 16.7 Å². The number of carbonyl (C=O) groups is 2. The van der Waals surface area contributed by atoms with E-state index in [1.807, 2.05) is 72.8 Å². The highest BCUT2D eigenvalue weighted by molar-refractivity contribution is 6.12. The highest BCUT2D eigenvalue weighted by Crippen LogP contribution is 2.52.